The van der Waals surface area contributed by atoms with E-state index < -0.39 is 79.7 Å². The van der Waals surface area contributed by atoms with Gasteiger partial charge in [-0.1, -0.05) is 31.9 Å². The van der Waals surface area contributed by atoms with Gasteiger partial charge in [-0.15, -0.1) is 0 Å². The van der Waals surface area contributed by atoms with Crippen LogP contribution in [-0.2, 0) is 28.7 Å². The van der Waals surface area contributed by atoms with Crippen molar-refractivity contribution >= 4 is 23.5 Å². The number of aliphatic hydroxyl groups is 4. The van der Waals surface area contributed by atoms with E-state index in [2.05, 4.69) is 13.8 Å². The van der Waals surface area contributed by atoms with E-state index in [4.69, 9.17) is 9.47 Å². The minimum atomic E-state index is -2.00. The number of ether oxygens (including phenoxy) is 2. The van der Waals surface area contributed by atoms with Crippen LogP contribution in [0.15, 0.2) is 11.6 Å². The van der Waals surface area contributed by atoms with Crippen LogP contribution in [0.25, 0.3) is 0 Å². The summed E-state index contributed by atoms with van der Waals surface area (Å²) >= 11 is 0. The van der Waals surface area contributed by atoms with Gasteiger partial charge in [0.1, 0.15) is 0 Å². The first-order chi connectivity index (χ1) is 23.8. The molecule has 0 radical (unpaired) electrons. The molecule has 282 valence electrons. The van der Waals surface area contributed by atoms with Crippen LogP contribution in [0.5, 0.6) is 0 Å². The van der Waals surface area contributed by atoms with Gasteiger partial charge in [0, 0.05) is 28.6 Å². The molecule has 8 aliphatic carbocycles. The second-order valence-electron chi connectivity index (χ2n) is 19.5. The Kier molecular flexibility index (Phi) is 7.41. The summed E-state index contributed by atoms with van der Waals surface area (Å²) in [4.78, 5) is 57.2. The zero-order valence-electron chi connectivity index (χ0n) is 31.3. The third kappa shape index (κ3) is 3.75. The zero-order chi connectivity index (χ0) is 37.0. The number of Topliss-reactive ketones (excluding diaryl/α,β-unsaturated/α-hetero) is 2. The summed E-state index contributed by atoms with van der Waals surface area (Å²) in [5.41, 5.74) is -9.21. The molecule has 10 heteroatoms. The molecule has 8 rings (SSSR count). The summed E-state index contributed by atoms with van der Waals surface area (Å²) in [7, 11) is 1.40. The first-order valence-electron chi connectivity index (χ1n) is 19.6. The van der Waals surface area contributed by atoms with Crippen molar-refractivity contribution in [1.82, 2.24) is 0 Å². The quantitative estimate of drug-likeness (QED) is 0.243. The number of ketones is 2. The van der Waals surface area contributed by atoms with Crippen LogP contribution in [0.3, 0.4) is 0 Å². The van der Waals surface area contributed by atoms with Gasteiger partial charge in [-0.05, 0) is 116 Å². The molecule has 14 unspecified atom stereocenters. The highest BCUT2D eigenvalue weighted by Crippen LogP contribution is 2.75. The molecule has 0 aliphatic heterocycles. The highest BCUT2D eigenvalue weighted by atomic mass is 16.6. The van der Waals surface area contributed by atoms with Gasteiger partial charge in [-0.3, -0.25) is 19.2 Å². The number of hydrogen-bond acceptors (Lipinski definition) is 10. The standard InChI is InChI=1S/C41H58O10/c1-33-14-7-15-34(2,25(33)13-20-39-26(33)10-9-24(28(39)43)40(48,22-42)30(39)45)32(47)51-37(5)23-11-18-36(4)38(21-23,29(37)44)19-12-27-35(3,31(46)50-6)16-8-17-41(27,36)49/h10,23-25,27-28,42-43,48-49H,7-9,11-22H2,1-6H3. The summed E-state index contributed by atoms with van der Waals surface area (Å²) in [6.07, 6.45) is 8.47. The van der Waals surface area contributed by atoms with Crippen molar-refractivity contribution in [2.75, 3.05) is 13.7 Å². The summed E-state index contributed by atoms with van der Waals surface area (Å²) < 4.78 is 11.9. The average molecular weight is 711 g/mol. The normalized spacial score (nSPS) is 55.5. The maximum absolute atomic E-state index is 15.1. The second kappa shape index (κ2) is 10.5. The zero-order valence-corrected chi connectivity index (χ0v) is 31.3. The number of esters is 2. The third-order valence-electron chi connectivity index (χ3n) is 18.1. The fraction of sp³-hybridized carbons (Fsp3) is 0.854. The van der Waals surface area contributed by atoms with E-state index in [9.17, 15) is 34.8 Å². The van der Waals surface area contributed by atoms with Crippen LogP contribution < -0.4 is 0 Å². The first-order valence-corrected chi connectivity index (χ1v) is 19.6. The van der Waals surface area contributed by atoms with E-state index in [0.29, 0.717) is 77.0 Å². The predicted molar refractivity (Wildman–Crippen MR) is 183 cm³/mol. The van der Waals surface area contributed by atoms with Crippen LogP contribution in [0.2, 0.25) is 0 Å². The minimum absolute atomic E-state index is 0.0978. The summed E-state index contributed by atoms with van der Waals surface area (Å²) in [6.45, 7) is 9.04. The van der Waals surface area contributed by atoms with Crippen LogP contribution >= 0.6 is 0 Å². The number of carbonyl (C=O) groups excluding carboxylic acids is 4. The summed E-state index contributed by atoms with van der Waals surface area (Å²) in [5, 5.41) is 45.8. The molecule has 4 N–H and O–H groups in total. The molecular weight excluding hydrogens is 652 g/mol. The lowest BCUT2D eigenvalue weighted by Crippen LogP contribution is -2.70. The van der Waals surface area contributed by atoms with Crippen LogP contribution in [-0.4, -0.2) is 80.6 Å². The fourth-order valence-corrected chi connectivity index (χ4v) is 15.3. The molecule has 0 aromatic carbocycles. The van der Waals surface area contributed by atoms with E-state index in [1.165, 1.54) is 7.11 Å². The van der Waals surface area contributed by atoms with E-state index in [1.54, 1.807) is 6.92 Å². The lowest BCUT2D eigenvalue weighted by atomic mass is 9.38. The van der Waals surface area contributed by atoms with Gasteiger partial charge in [0.05, 0.1) is 41.7 Å². The van der Waals surface area contributed by atoms with Crippen LogP contribution in [0.1, 0.15) is 125 Å². The van der Waals surface area contributed by atoms with Gasteiger partial charge in [0.25, 0.3) is 0 Å². The van der Waals surface area contributed by atoms with Crippen LogP contribution in [0, 0.1) is 56.2 Å². The topological polar surface area (TPSA) is 168 Å². The number of hydrogen-bond donors (Lipinski definition) is 4. The molecule has 0 heterocycles. The van der Waals surface area contributed by atoms with Crippen molar-refractivity contribution in [2.45, 2.75) is 147 Å². The lowest BCUT2D eigenvalue weighted by molar-refractivity contribution is -0.256. The molecule has 2 spiro atoms. The van der Waals surface area contributed by atoms with Gasteiger partial charge in [0.2, 0.25) is 0 Å². The highest BCUT2D eigenvalue weighted by molar-refractivity contribution is 6.00. The minimum Gasteiger partial charge on any atom is -0.469 e. The average Bonchev–Trinajstić information content (AvgIpc) is 3.30. The summed E-state index contributed by atoms with van der Waals surface area (Å²) in [5.74, 6) is -2.83. The Bertz CT molecular complexity index is 1640. The van der Waals surface area contributed by atoms with Gasteiger partial charge < -0.3 is 29.9 Å². The Labute approximate surface area is 301 Å². The lowest BCUT2D eigenvalue weighted by Gasteiger charge is -2.66. The van der Waals surface area contributed by atoms with E-state index >= 15 is 4.79 Å². The number of carbonyl (C=O) groups is 4. The molecule has 0 saturated heterocycles. The van der Waals surface area contributed by atoms with E-state index in [1.807, 2.05) is 19.9 Å². The molecule has 0 aromatic rings. The largest absolute Gasteiger partial charge is 0.469 e. The van der Waals surface area contributed by atoms with Crippen molar-refractivity contribution in [3.63, 3.8) is 0 Å². The second-order valence-corrected chi connectivity index (χ2v) is 19.5. The van der Waals surface area contributed by atoms with E-state index in [0.717, 1.165) is 5.57 Å². The molecule has 0 aromatic heterocycles. The number of aliphatic hydroxyl groups excluding tert-OH is 2. The Balaban J connectivity index is 1.10. The number of rotatable bonds is 4. The SMILES string of the molecule is COC(=O)C1(C)CCCC2(O)C1CCC13CC(CCC12C)C(C)(OC(=O)C1(C)CCCC2(C)C4=CCC5C(O)C4(CCC12)C(=O)C5(O)CO)C3=O. The van der Waals surface area contributed by atoms with Crippen molar-refractivity contribution < 1.29 is 49.1 Å². The molecular formula is C41H58O10. The van der Waals surface area contributed by atoms with Crippen molar-refractivity contribution in [3.05, 3.63) is 11.6 Å². The molecule has 51 heavy (non-hydrogen) atoms. The molecule has 14 atom stereocenters. The number of fused-ring (bicyclic) bond motifs is 6. The van der Waals surface area contributed by atoms with Crippen molar-refractivity contribution in [3.8, 4) is 0 Å². The molecule has 7 saturated carbocycles. The predicted octanol–water partition coefficient (Wildman–Crippen LogP) is 4.37. The van der Waals surface area contributed by atoms with Crippen molar-refractivity contribution in [1.29, 1.82) is 0 Å². The van der Waals surface area contributed by atoms with Gasteiger partial charge in [0.15, 0.2) is 22.8 Å². The molecule has 10 nitrogen and oxygen atoms in total. The van der Waals surface area contributed by atoms with Crippen LogP contribution in [0.4, 0.5) is 0 Å². The molecule has 7 fully saturated rings. The van der Waals surface area contributed by atoms with Crippen molar-refractivity contribution in [2.24, 2.45) is 56.2 Å². The Morgan fingerprint density at radius 3 is 2.14 bits per heavy atom. The molecule has 8 aliphatic rings. The number of methoxy groups -OCH3 is 1. The highest BCUT2D eigenvalue weighted by Gasteiger charge is 2.79. The smallest absolute Gasteiger partial charge is 0.313 e. The van der Waals surface area contributed by atoms with E-state index in [-0.39, 0.29) is 42.3 Å². The third-order valence-corrected chi connectivity index (χ3v) is 18.1. The van der Waals surface area contributed by atoms with Gasteiger partial charge in [-0.25, -0.2) is 0 Å². The maximum atomic E-state index is 15.1. The first kappa shape index (κ1) is 35.9. The molecule has 0 amide bonds. The number of allylic oxidation sites excluding steroid dienone is 1. The fourth-order valence-electron chi connectivity index (χ4n) is 15.3. The Morgan fingerprint density at radius 2 is 1.47 bits per heavy atom. The monoisotopic (exact) mass is 710 g/mol. The summed E-state index contributed by atoms with van der Waals surface area (Å²) in [6, 6.07) is 0. The Morgan fingerprint density at radius 1 is 0.824 bits per heavy atom. The molecule has 4 bridgehead atoms. The van der Waals surface area contributed by atoms with Gasteiger partial charge in [-0.2, -0.15) is 0 Å². The van der Waals surface area contributed by atoms with Gasteiger partial charge >= 0.3 is 11.9 Å². The maximum Gasteiger partial charge on any atom is 0.313 e. The Hall–Kier alpha value is -2.14.